The molecule has 0 bridgehead atoms. The van der Waals surface area contributed by atoms with Crippen LogP contribution in [0.1, 0.15) is 30.0 Å². The third-order valence-corrected chi connectivity index (χ3v) is 4.92. The highest BCUT2D eigenvalue weighted by Crippen LogP contribution is 2.16. The summed E-state index contributed by atoms with van der Waals surface area (Å²) < 4.78 is 0. The first-order chi connectivity index (χ1) is 12.2. The molecule has 0 saturated carbocycles. The predicted molar refractivity (Wildman–Crippen MR) is 115 cm³/mol. The standard InChI is InChI=1S/C21H27N3O.2ClH/c1-2-24(16-19-7-10-22-11-8-19)21(25)14-18-5-3-17(4-6-18)13-20-9-12-23-15-20;;/h3-8,10-11,20,23H,2,9,12-16H2,1H3;2*1H. The van der Waals surface area contributed by atoms with Crippen LogP contribution in [0, 0.1) is 5.92 Å². The number of hydrogen-bond acceptors (Lipinski definition) is 3. The van der Waals surface area contributed by atoms with Crippen molar-refractivity contribution in [1.29, 1.82) is 0 Å². The Labute approximate surface area is 174 Å². The Morgan fingerprint density at radius 1 is 1.07 bits per heavy atom. The first kappa shape index (κ1) is 23.4. The number of carbonyl (C=O) groups is 1. The number of benzene rings is 1. The molecule has 6 heteroatoms. The van der Waals surface area contributed by atoms with Crippen LogP contribution in [-0.2, 0) is 24.2 Å². The Morgan fingerprint density at radius 2 is 1.74 bits per heavy atom. The molecule has 1 unspecified atom stereocenters. The summed E-state index contributed by atoms with van der Waals surface area (Å²) in [5.74, 6) is 0.926. The first-order valence-corrected chi connectivity index (χ1v) is 9.20. The van der Waals surface area contributed by atoms with E-state index in [1.54, 1.807) is 12.4 Å². The van der Waals surface area contributed by atoms with Crippen molar-refractivity contribution in [3.8, 4) is 0 Å². The second-order valence-corrected chi connectivity index (χ2v) is 6.82. The average Bonchev–Trinajstić information content (AvgIpc) is 3.15. The van der Waals surface area contributed by atoms with Crippen LogP contribution in [0.15, 0.2) is 48.8 Å². The van der Waals surface area contributed by atoms with Gasteiger partial charge in [-0.1, -0.05) is 24.3 Å². The second-order valence-electron chi connectivity index (χ2n) is 6.82. The molecule has 1 N–H and O–H groups in total. The molecular weight excluding hydrogens is 381 g/mol. The number of nitrogens with one attached hydrogen (secondary N) is 1. The minimum atomic E-state index is 0. The van der Waals surface area contributed by atoms with Crippen LogP contribution in [0.2, 0.25) is 0 Å². The number of rotatable bonds is 7. The zero-order chi connectivity index (χ0) is 17.5. The normalized spacial score (nSPS) is 15.5. The zero-order valence-corrected chi connectivity index (χ0v) is 17.4. The summed E-state index contributed by atoms with van der Waals surface area (Å²) in [6.07, 6.45) is 6.40. The summed E-state index contributed by atoms with van der Waals surface area (Å²) in [6.45, 7) is 5.65. The van der Waals surface area contributed by atoms with Gasteiger partial charge >= 0.3 is 0 Å². The molecule has 2 aromatic rings. The van der Waals surface area contributed by atoms with E-state index in [-0.39, 0.29) is 30.7 Å². The third kappa shape index (κ3) is 7.13. The molecule has 1 atom stereocenters. The molecule has 27 heavy (non-hydrogen) atoms. The van der Waals surface area contributed by atoms with Gasteiger partial charge in [-0.05, 0) is 67.6 Å². The lowest BCUT2D eigenvalue weighted by atomic mass is 9.97. The fourth-order valence-electron chi connectivity index (χ4n) is 3.39. The first-order valence-electron chi connectivity index (χ1n) is 9.20. The minimum Gasteiger partial charge on any atom is -0.338 e. The molecule has 0 radical (unpaired) electrons. The summed E-state index contributed by atoms with van der Waals surface area (Å²) in [5.41, 5.74) is 3.58. The summed E-state index contributed by atoms with van der Waals surface area (Å²) in [4.78, 5) is 18.5. The van der Waals surface area contributed by atoms with Crippen molar-refractivity contribution in [2.45, 2.75) is 32.7 Å². The molecule has 1 saturated heterocycles. The topological polar surface area (TPSA) is 45.2 Å². The lowest BCUT2D eigenvalue weighted by Gasteiger charge is -2.21. The van der Waals surface area contributed by atoms with Crippen molar-refractivity contribution in [3.05, 3.63) is 65.5 Å². The Morgan fingerprint density at radius 3 is 2.33 bits per heavy atom. The van der Waals surface area contributed by atoms with Crippen molar-refractivity contribution in [1.82, 2.24) is 15.2 Å². The van der Waals surface area contributed by atoms with Crippen molar-refractivity contribution >= 4 is 30.7 Å². The van der Waals surface area contributed by atoms with Gasteiger partial charge in [-0.3, -0.25) is 9.78 Å². The highest BCUT2D eigenvalue weighted by atomic mass is 35.5. The van der Waals surface area contributed by atoms with E-state index in [2.05, 4.69) is 34.6 Å². The van der Waals surface area contributed by atoms with Gasteiger partial charge in [0.2, 0.25) is 5.91 Å². The number of pyridine rings is 1. The smallest absolute Gasteiger partial charge is 0.227 e. The molecule has 0 aliphatic carbocycles. The Balaban J connectivity index is 0.00000182. The average molecular weight is 410 g/mol. The molecule has 1 aromatic heterocycles. The summed E-state index contributed by atoms with van der Waals surface area (Å²) >= 11 is 0. The number of likely N-dealkylation sites (N-methyl/N-ethyl adjacent to an activating group) is 1. The van der Waals surface area contributed by atoms with Gasteiger partial charge < -0.3 is 10.2 Å². The van der Waals surface area contributed by atoms with Gasteiger partial charge in [-0.2, -0.15) is 0 Å². The number of carbonyl (C=O) groups excluding carboxylic acids is 1. The van der Waals surface area contributed by atoms with Crippen molar-refractivity contribution in [3.63, 3.8) is 0 Å². The van der Waals surface area contributed by atoms with Crippen LogP contribution in [0.3, 0.4) is 0 Å². The summed E-state index contributed by atoms with van der Waals surface area (Å²) in [5, 5.41) is 3.41. The number of nitrogens with zero attached hydrogens (tertiary/aromatic N) is 2. The fraction of sp³-hybridized carbons (Fsp3) is 0.429. The van der Waals surface area contributed by atoms with Crippen molar-refractivity contribution in [2.24, 2.45) is 5.92 Å². The van der Waals surface area contributed by atoms with Crippen molar-refractivity contribution < 1.29 is 4.79 Å². The van der Waals surface area contributed by atoms with Gasteiger partial charge in [0.25, 0.3) is 0 Å². The van der Waals surface area contributed by atoms with E-state index in [0.29, 0.717) is 19.5 Å². The number of aromatic nitrogens is 1. The van der Waals surface area contributed by atoms with Gasteiger partial charge in [-0.15, -0.1) is 24.8 Å². The van der Waals surface area contributed by atoms with Gasteiger partial charge in [0, 0.05) is 25.5 Å². The van der Waals surface area contributed by atoms with Gasteiger partial charge in [-0.25, -0.2) is 0 Å². The number of hydrogen-bond donors (Lipinski definition) is 1. The lowest BCUT2D eigenvalue weighted by molar-refractivity contribution is -0.130. The molecule has 1 aliphatic heterocycles. The van der Waals surface area contributed by atoms with Gasteiger partial charge in [0.05, 0.1) is 6.42 Å². The van der Waals surface area contributed by atoms with Gasteiger partial charge in [0.15, 0.2) is 0 Å². The van der Waals surface area contributed by atoms with E-state index >= 15 is 0 Å². The molecule has 0 spiro atoms. The molecule has 1 aliphatic rings. The maximum absolute atomic E-state index is 12.6. The van der Waals surface area contributed by atoms with E-state index in [1.165, 1.54) is 12.0 Å². The van der Waals surface area contributed by atoms with Crippen LogP contribution in [-0.4, -0.2) is 35.4 Å². The summed E-state index contributed by atoms with van der Waals surface area (Å²) in [7, 11) is 0. The monoisotopic (exact) mass is 409 g/mol. The predicted octanol–water partition coefficient (Wildman–Crippen LogP) is 3.67. The van der Waals surface area contributed by atoms with Crippen molar-refractivity contribution in [2.75, 3.05) is 19.6 Å². The quantitative estimate of drug-likeness (QED) is 0.758. The number of amides is 1. The fourth-order valence-corrected chi connectivity index (χ4v) is 3.39. The van der Waals surface area contributed by atoms with Crippen LogP contribution < -0.4 is 5.32 Å². The maximum atomic E-state index is 12.6. The molecule has 1 amide bonds. The second kappa shape index (κ2) is 12.0. The molecule has 3 rings (SSSR count). The molecule has 2 heterocycles. The van der Waals surface area contributed by atoms with Crippen LogP contribution in [0.5, 0.6) is 0 Å². The van der Waals surface area contributed by atoms with E-state index in [4.69, 9.17) is 0 Å². The number of halogens is 2. The highest BCUT2D eigenvalue weighted by molar-refractivity contribution is 5.85. The van der Waals surface area contributed by atoms with E-state index in [9.17, 15) is 4.79 Å². The molecule has 1 aromatic carbocycles. The molecule has 148 valence electrons. The minimum absolute atomic E-state index is 0. The van der Waals surface area contributed by atoms with Gasteiger partial charge in [0.1, 0.15) is 0 Å². The van der Waals surface area contributed by atoms with Crippen LogP contribution >= 0.6 is 24.8 Å². The van der Waals surface area contributed by atoms with E-state index in [0.717, 1.165) is 36.6 Å². The largest absolute Gasteiger partial charge is 0.338 e. The van der Waals surface area contributed by atoms with E-state index < -0.39 is 0 Å². The molecular formula is C21H29Cl2N3O. The third-order valence-electron chi connectivity index (χ3n) is 4.92. The zero-order valence-electron chi connectivity index (χ0n) is 15.8. The van der Waals surface area contributed by atoms with E-state index in [1.807, 2.05) is 24.0 Å². The highest BCUT2D eigenvalue weighted by Gasteiger charge is 2.15. The summed E-state index contributed by atoms with van der Waals surface area (Å²) in [6, 6.07) is 12.5. The lowest BCUT2D eigenvalue weighted by Crippen LogP contribution is -2.31. The van der Waals surface area contributed by atoms with Crippen LogP contribution in [0.25, 0.3) is 0 Å². The molecule has 4 nitrogen and oxygen atoms in total. The Kier molecular flexibility index (Phi) is 10.4. The Hall–Kier alpha value is -1.62. The maximum Gasteiger partial charge on any atom is 0.227 e. The SMILES string of the molecule is CCN(Cc1ccncc1)C(=O)Cc1ccc(CC2CCNC2)cc1.Cl.Cl. The Bertz CT molecular complexity index is 674. The molecule has 1 fully saturated rings. The van der Waals surface area contributed by atoms with Crippen LogP contribution in [0.4, 0.5) is 0 Å².